The van der Waals surface area contributed by atoms with E-state index in [1.165, 1.54) is 7.11 Å². The van der Waals surface area contributed by atoms with Crippen LogP contribution >= 0.6 is 0 Å². The number of hydrogen-bond donors (Lipinski definition) is 2. The molecule has 4 rings (SSSR count). The highest BCUT2D eigenvalue weighted by atomic mass is 16.5. The van der Waals surface area contributed by atoms with Crippen LogP contribution in [0, 0.1) is 23.2 Å². The molecule has 2 N–H and O–H groups in total. The average molecular weight is 377 g/mol. The normalized spacial score (nSPS) is 20.6. The predicted molar refractivity (Wildman–Crippen MR) is 105 cm³/mol. The number of hydrogen-bond acceptors (Lipinski definition) is 5. The Hall–Kier alpha value is -3.14. The minimum absolute atomic E-state index is 0.244. The molecule has 0 saturated heterocycles. The van der Waals surface area contributed by atoms with Crippen LogP contribution in [0.2, 0.25) is 0 Å². The summed E-state index contributed by atoms with van der Waals surface area (Å²) >= 11 is 0. The number of fused-ring (bicyclic) bond motifs is 3. The lowest BCUT2D eigenvalue weighted by Gasteiger charge is -2.32. The Balaban J connectivity index is 1.67. The standard InChI is InChI=1S/C21H23N5O2/c1-28-21(27)26-18(14-8-6-13(7-9-14)10-11-22)20-24-17-12-23-16-5-3-2-4-15(16)19(17)25-20/h2-5,12-14,18H,6-10H2,1H3,(H,24,25)(H,26,27). The van der Waals surface area contributed by atoms with Crippen LogP contribution in [0.1, 0.15) is 44.0 Å². The zero-order valence-corrected chi connectivity index (χ0v) is 15.8. The lowest BCUT2D eigenvalue weighted by Crippen LogP contribution is -2.35. The summed E-state index contributed by atoms with van der Waals surface area (Å²) in [5, 5.41) is 12.9. The van der Waals surface area contributed by atoms with Crippen LogP contribution in [0.3, 0.4) is 0 Å². The molecule has 0 aliphatic heterocycles. The van der Waals surface area contributed by atoms with Gasteiger partial charge in [0.15, 0.2) is 0 Å². The van der Waals surface area contributed by atoms with Crippen LogP contribution in [0.5, 0.6) is 0 Å². The third-order valence-electron chi connectivity index (χ3n) is 5.74. The van der Waals surface area contributed by atoms with Gasteiger partial charge in [-0.1, -0.05) is 18.2 Å². The molecule has 2 heterocycles. The van der Waals surface area contributed by atoms with E-state index in [4.69, 9.17) is 15.0 Å². The van der Waals surface area contributed by atoms with Crippen LogP contribution < -0.4 is 5.32 Å². The molecule has 144 valence electrons. The first-order valence-electron chi connectivity index (χ1n) is 9.64. The molecule has 1 atom stereocenters. The molecule has 1 unspecified atom stereocenters. The molecular weight excluding hydrogens is 354 g/mol. The zero-order chi connectivity index (χ0) is 19.5. The van der Waals surface area contributed by atoms with Crippen molar-refractivity contribution in [2.45, 2.75) is 38.1 Å². The number of H-pyrrole nitrogens is 1. The number of nitrogens with zero attached hydrogens (tertiary/aromatic N) is 3. The Kier molecular flexibility index (Phi) is 5.11. The summed E-state index contributed by atoms with van der Waals surface area (Å²) < 4.78 is 4.85. The van der Waals surface area contributed by atoms with Crippen LogP contribution in [0.4, 0.5) is 4.79 Å². The van der Waals surface area contributed by atoms with E-state index in [1.54, 1.807) is 6.20 Å². The highest BCUT2D eigenvalue weighted by Gasteiger charge is 2.32. The zero-order valence-electron chi connectivity index (χ0n) is 15.8. The quantitative estimate of drug-likeness (QED) is 0.708. The number of rotatable bonds is 4. The molecule has 1 amide bonds. The molecule has 0 spiro atoms. The van der Waals surface area contributed by atoms with Crippen molar-refractivity contribution >= 4 is 28.0 Å². The summed E-state index contributed by atoms with van der Waals surface area (Å²) in [6.45, 7) is 0. The number of para-hydroxylation sites is 1. The second-order valence-electron chi connectivity index (χ2n) is 7.42. The van der Waals surface area contributed by atoms with Crippen LogP contribution in [0.25, 0.3) is 21.9 Å². The first-order valence-corrected chi connectivity index (χ1v) is 9.64. The Bertz CT molecular complexity index is 1030. The highest BCUT2D eigenvalue weighted by molar-refractivity contribution is 6.01. The predicted octanol–water partition coefficient (Wildman–Crippen LogP) is 4.23. The van der Waals surface area contributed by atoms with E-state index in [2.05, 4.69) is 21.4 Å². The number of pyridine rings is 1. The first-order chi connectivity index (χ1) is 13.7. The van der Waals surface area contributed by atoms with Crippen LogP contribution in [-0.2, 0) is 4.74 Å². The molecule has 3 aromatic rings. The van der Waals surface area contributed by atoms with Gasteiger partial charge in [-0.05, 0) is 43.6 Å². The maximum absolute atomic E-state index is 12.0. The van der Waals surface area contributed by atoms with Crippen molar-refractivity contribution in [1.82, 2.24) is 20.3 Å². The molecule has 1 aliphatic rings. The molecule has 0 radical (unpaired) electrons. The molecule has 7 heteroatoms. The van der Waals surface area contributed by atoms with Crippen molar-refractivity contribution in [2.24, 2.45) is 11.8 Å². The van der Waals surface area contributed by atoms with E-state index in [-0.39, 0.29) is 12.0 Å². The number of carbonyl (C=O) groups is 1. The number of carbonyl (C=O) groups excluding carboxylic acids is 1. The molecule has 1 fully saturated rings. The SMILES string of the molecule is COC(=O)NC(c1nc2c(cnc3ccccc32)[nH]1)C1CCC(CC#N)CC1. The van der Waals surface area contributed by atoms with Crippen molar-refractivity contribution in [3.8, 4) is 6.07 Å². The summed E-state index contributed by atoms with van der Waals surface area (Å²) in [5.41, 5.74) is 2.60. The minimum Gasteiger partial charge on any atom is -0.453 e. The van der Waals surface area contributed by atoms with Crippen LogP contribution in [0.15, 0.2) is 30.5 Å². The number of methoxy groups -OCH3 is 1. The van der Waals surface area contributed by atoms with Gasteiger partial charge in [-0.25, -0.2) is 9.78 Å². The number of nitriles is 1. The van der Waals surface area contributed by atoms with Gasteiger partial charge in [-0.15, -0.1) is 0 Å². The molecule has 1 aromatic carbocycles. The van der Waals surface area contributed by atoms with Crippen molar-refractivity contribution in [2.75, 3.05) is 7.11 Å². The number of benzene rings is 1. The van der Waals surface area contributed by atoms with Gasteiger partial charge in [0.05, 0.1) is 42.0 Å². The molecule has 0 bridgehead atoms. The van der Waals surface area contributed by atoms with Gasteiger partial charge in [0.25, 0.3) is 0 Å². The van der Waals surface area contributed by atoms with Gasteiger partial charge in [-0.3, -0.25) is 4.98 Å². The van der Waals surface area contributed by atoms with E-state index in [0.29, 0.717) is 12.3 Å². The van der Waals surface area contributed by atoms with Gasteiger partial charge < -0.3 is 15.0 Å². The molecule has 2 aromatic heterocycles. The summed E-state index contributed by atoms with van der Waals surface area (Å²) in [5.74, 6) is 1.42. The molecule has 28 heavy (non-hydrogen) atoms. The number of aromatic nitrogens is 3. The lowest BCUT2D eigenvalue weighted by molar-refractivity contribution is 0.152. The average Bonchev–Trinajstić information content (AvgIpc) is 3.17. The van der Waals surface area contributed by atoms with Crippen molar-refractivity contribution in [3.63, 3.8) is 0 Å². The van der Waals surface area contributed by atoms with E-state index < -0.39 is 6.09 Å². The number of alkyl carbamates (subject to hydrolysis) is 1. The summed E-state index contributed by atoms with van der Waals surface area (Å²) in [6, 6.07) is 9.90. The maximum Gasteiger partial charge on any atom is 0.407 e. The fraction of sp³-hybridized carbons (Fsp3) is 0.429. The maximum atomic E-state index is 12.0. The molecule has 1 saturated carbocycles. The second-order valence-corrected chi connectivity index (χ2v) is 7.42. The van der Waals surface area contributed by atoms with E-state index in [9.17, 15) is 4.79 Å². The van der Waals surface area contributed by atoms with Gasteiger partial charge in [0.2, 0.25) is 0 Å². The van der Waals surface area contributed by atoms with Crippen molar-refractivity contribution in [3.05, 3.63) is 36.3 Å². The minimum atomic E-state index is -0.465. The number of amides is 1. The first kappa shape index (κ1) is 18.2. The van der Waals surface area contributed by atoms with Crippen molar-refractivity contribution < 1.29 is 9.53 Å². The number of aromatic amines is 1. The highest BCUT2D eigenvalue weighted by Crippen LogP contribution is 2.38. The number of nitrogens with one attached hydrogen (secondary N) is 2. The van der Waals surface area contributed by atoms with E-state index >= 15 is 0 Å². The van der Waals surface area contributed by atoms with Gasteiger partial charge >= 0.3 is 6.09 Å². The Labute approximate surface area is 163 Å². The fourth-order valence-electron chi connectivity index (χ4n) is 4.22. The largest absolute Gasteiger partial charge is 0.453 e. The second kappa shape index (κ2) is 7.85. The molecular formula is C21H23N5O2. The Morgan fingerprint density at radius 1 is 1.36 bits per heavy atom. The lowest BCUT2D eigenvalue weighted by atomic mass is 9.77. The van der Waals surface area contributed by atoms with E-state index in [1.807, 2.05) is 24.3 Å². The van der Waals surface area contributed by atoms with Gasteiger partial charge in [0.1, 0.15) is 5.82 Å². The Morgan fingerprint density at radius 2 is 2.14 bits per heavy atom. The van der Waals surface area contributed by atoms with E-state index in [0.717, 1.165) is 53.4 Å². The van der Waals surface area contributed by atoms with Gasteiger partial charge in [0, 0.05) is 11.8 Å². The number of imidazole rings is 1. The summed E-state index contributed by atoms with van der Waals surface area (Å²) in [4.78, 5) is 24.7. The molecule has 7 nitrogen and oxygen atoms in total. The smallest absolute Gasteiger partial charge is 0.407 e. The number of ether oxygens (including phenoxy) is 1. The Morgan fingerprint density at radius 3 is 2.89 bits per heavy atom. The third kappa shape index (κ3) is 3.50. The monoisotopic (exact) mass is 377 g/mol. The molecule has 1 aliphatic carbocycles. The summed E-state index contributed by atoms with van der Waals surface area (Å²) in [7, 11) is 1.37. The topological polar surface area (TPSA) is 104 Å². The third-order valence-corrected chi connectivity index (χ3v) is 5.74. The summed E-state index contributed by atoms with van der Waals surface area (Å²) in [6.07, 6.45) is 5.78. The van der Waals surface area contributed by atoms with Gasteiger partial charge in [-0.2, -0.15) is 5.26 Å². The fourth-order valence-corrected chi connectivity index (χ4v) is 4.22. The van der Waals surface area contributed by atoms with Crippen molar-refractivity contribution in [1.29, 1.82) is 5.26 Å². The van der Waals surface area contributed by atoms with Crippen LogP contribution in [-0.4, -0.2) is 28.2 Å².